The fourth-order valence-corrected chi connectivity index (χ4v) is 3.19. The number of aryl methyl sites for hydroxylation is 1. The number of hydrogen-bond acceptors (Lipinski definition) is 5. The van der Waals surface area contributed by atoms with Crippen LogP contribution in [0.2, 0.25) is 0 Å². The summed E-state index contributed by atoms with van der Waals surface area (Å²) in [6.45, 7) is 0.386. The Labute approximate surface area is 177 Å². The second-order valence-corrected chi connectivity index (χ2v) is 6.91. The molecule has 0 radical (unpaired) electrons. The van der Waals surface area contributed by atoms with E-state index in [0.717, 1.165) is 0 Å². The molecule has 2 N–H and O–H groups in total. The van der Waals surface area contributed by atoms with Crippen LogP contribution in [0.25, 0.3) is 11.1 Å². The number of fused-ring (bicyclic) bond motifs is 1. The summed E-state index contributed by atoms with van der Waals surface area (Å²) in [4.78, 5) is 40.4. The van der Waals surface area contributed by atoms with Crippen molar-refractivity contribution in [3.8, 4) is 0 Å². The number of benzene rings is 2. The van der Waals surface area contributed by atoms with Crippen molar-refractivity contribution in [3.63, 3.8) is 0 Å². The Balaban J connectivity index is 1.29. The summed E-state index contributed by atoms with van der Waals surface area (Å²) in [5.74, 6) is -0.862. The number of hydrogen-bond donors (Lipinski definition) is 2. The largest absolute Gasteiger partial charge is 0.419 e. The molecule has 0 aliphatic carbocycles. The molecule has 4 rings (SSSR count). The molecule has 0 atom stereocenters. The van der Waals surface area contributed by atoms with Crippen molar-refractivity contribution in [1.82, 2.24) is 9.55 Å². The Hall–Kier alpha value is -4.20. The van der Waals surface area contributed by atoms with E-state index in [1.54, 1.807) is 60.9 Å². The predicted octanol–water partition coefficient (Wildman–Crippen LogP) is 3.66. The Morgan fingerprint density at radius 1 is 0.935 bits per heavy atom. The zero-order chi connectivity index (χ0) is 21.6. The fraction of sp³-hybridized carbons (Fsp3) is 0.130. The maximum absolute atomic E-state index is 12.3. The summed E-state index contributed by atoms with van der Waals surface area (Å²) in [6.07, 6.45) is 3.92. The highest BCUT2D eigenvalue weighted by atomic mass is 16.4. The minimum atomic E-state index is -0.429. The van der Waals surface area contributed by atoms with Gasteiger partial charge in [0.1, 0.15) is 0 Å². The van der Waals surface area contributed by atoms with Crippen LogP contribution in [0.5, 0.6) is 0 Å². The predicted molar refractivity (Wildman–Crippen MR) is 117 cm³/mol. The van der Waals surface area contributed by atoms with Gasteiger partial charge >= 0.3 is 5.76 Å². The molecule has 156 valence electrons. The highest BCUT2D eigenvalue weighted by Crippen LogP contribution is 2.14. The number of oxazole rings is 1. The van der Waals surface area contributed by atoms with E-state index in [2.05, 4.69) is 15.6 Å². The lowest BCUT2D eigenvalue weighted by molar-refractivity contribution is -0.116. The molecule has 2 heterocycles. The van der Waals surface area contributed by atoms with Crippen molar-refractivity contribution in [1.29, 1.82) is 0 Å². The average Bonchev–Trinajstić information content (AvgIpc) is 3.10. The first kappa shape index (κ1) is 20.1. The highest BCUT2D eigenvalue weighted by molar-refractivity contribution is 6.04. The quantitative estimate of drug-likeness (QED) is 0.478. The van der Waals surface area contributed by atoms with Gasteiger partial charge in [-0.15, -0.1) is 0 Å². The van der Waals surface area contributed by atoms with Crippen LogP contribution in [-0.2, 0) is 11.3 Å². The minimum Gasteiger partial charge on any atom is -0.408 e. The first-order chi connectivity index (χ1) is 15.1. The van der Waals surface area contributed by atoms with Crippen molar-refractivity contribution >= 4 is 34.3 Å². The number of aromatic nitrogens is 2. The third kappa shape index (κ3) is 4.87. The molecule has 2 amide bonds. The molecule has 0 aliphatic heterocycles. The smallest absolute Gasteiger partial charge is 0.408 e. The zero-order valence-corrected chi connectivity index (χ0v) is 16.6. The monoisotopic (exact) mass is 416 g/mol. The number of rotatable bonds is 7. The number of anilines is 2. The zero-order valence-electron chi connectivity index (χ0n) is 16.6. The lowest BCUT2D eigenvalue weighted by Gasteiger charge is -2.08. The number of nitrogens with zero attached hydrogens (tertiary/aromatic N) is 2. The summed E-state index contributed by atoms with van der Waals surface area (Å²) in [7, 11) is 0. The van der Waals surface area contributed by atoms with Crippen molar-refractivity contribution in [2.75, 3.05) is 10.6 Å². The molecule has 0 saturated heterocycles. The van der Waals surface area contributed by atoms with Gasteiger partial charge in [-0.1, -0.05) is 12.1 Å². The van der Waals surface area contributed by atoms with Gasteiger partial charge in [0.25, 0.3) is 5.91 Å². The molecule has 8 nitrogen and oxygen atoms in total. The number of carbonyl (C=O) groups excluding carboxylic acids is 2. The van der Waals surface area contributed by atoms with E-state index in [1.807, 2.05) is 12.1 Å². The normalized spacial score (nSPS) is 10.7. The summed E-state index contributed by atoms with van der Waals surface area (Å²) < 4.78 is 6.72. The number of pyridine rings is 1. The first-order valence-electron chi connectivity index (χ1n) is 9.80. The molecule has 2 aromatic heterocycles. The van der Waals surface area contributed by atoms with Crippen molar-refractivity contribution in [2.45, 2.75) is 19.4 Å². The first-order valence-corrected chi connectivity index (χ1v) is 9.80. The van der Waals surface area contributed by atoms with Gasteiger partial charge in [0.15, 0.2) is 5.58 Å². The van der Waals surface area contributed by atoms with Crippen molar-refractivity contribution < 1.29 is 14.0 Å². The van der Waals surface area contributed by atoms with Crippen LogP contribution in [-0.4, -0.2) is 21.4 Å². The maximum Gasteiger partial charge on any atom is 0.419 e. The summed E-state index contributed by atoms with van der Waals surface area (Å²) in [6, 6.07) is 17.3. The topological polar surface area (TPSA) is 106 Å². The summed E-state index contributed by atoms with van der Waals surface area (Å²) in [5, 5.41) is 5.55. The van der Waals surface area contributed by atoms with Crippen LogP contribution in [0, 0.1) is 0 Å². The van der Waals surface area contributed by atoms with E-state index in [1.165, 1.54) is 4.57 Å². The molecular formula is C23H20N4O4. The minimum absolute atomic E-state index is 0.173. The maximum atomic E-state index is 12.3. The number of amides is 2. The van der Waals surface area contributed by atoms with Crippen molar-refractivity contribution in [2.24, 2.45) is 0 Å². The van der Waals surface area contributed by atoms with Crippen LogP contribution >= 0.6 is 0 Å². The third-order valence-corrected chi connectivity index (χ3v) is 4.71. The Morgan fingerprint density at radius 2 is 1.74 bits per heavy atom. The van der Waals surface area contributed by atoms with E-state index in [-0.39, 0.29) is 18.2 Å². The molecule has 31 heavy (non-hydrogen) atoms. The molecule has 0 bridgehead atoms. The van der Waals surface area contributed by atoms with Gasteiger partial charge in [0.05, 0.1) is 17.4 Å². The standard InChI is InChI=1S/C23H20N4O4/c28-21(8-4-14-27-19-6-1-2-7-20(19)31-23(27)30)25-17-11-9-16(10-12-17)22(29)26-18-5-3-13-24-15-18/h1-3,5-7,9-13,15H,4,8,14H2,(H,25,28)(H,26,29). The van der Waals surface area contributed by atoms with Gasteiger partial charge in [0, 0.05) is 30.4 Å². The lowest BCUT2D eigenvalue weighted by atomic mass is 10.2. The Bertz CT molecular complexity index is 1260. The number of nitrogens with one attached hydrogen (secondary N) is 2. The van der Waals surface area contributed by atoms with Gasteiger partial charge in [-0.2, -0.15) is 0 Å². The van der Waals surface area contributed by atoms with Gasteiger partial charge in [-0.05, 0) is 55.0 Å². The number of carbonyl (C=O) groups is 2. The summed E-state index contributed by atoms with van der Waals surface area (Å²) in [5.41, 5.74) is 2.91. The SMILES string of the molecule is O=C(CCCn1c(=O)oc2ccccc21)Nc1ccc(C(=O)Nc2cccnc2)cc1. The van der Waals surface area contributed by atoms with Gasteiger partial charge < -0.3 is 15.1 Å². The van der Waals surface area contributed by atoms with Crippen LogP contribution in [0.3, 0.4) is 0 Å². The Kier molecular flexibility index (Phi) is 5.89. The summed E-state index contributed by atoms with van der Waals surface area (Å²) >= 11 is 0. The van der Waals surface area contributed by atoms with E-state index < -0.39 is 5.76 Å². The van der Waals surface area contributed by atoms with E-state index in [0.29, 0.717) is 41.0 Å². The molecule has 2 aromatic carbocycles. The van der Waals surface area contributed by atoms with E-state index >= 15 is 0 Å². The number of para-hydroxylation sites is 2. The average molecular weight is 416 g/mol. The Morgan fingerprint density at radius 3 is 2.52 bits per heavy atom. The van der Waals surface area contributed by atoms with Crippen LogP contribution in [0.4, 0.5) is 11.4 Å². The molecule has 8 heteroatoms. The highest BCUT2D eigenvalue weighted by Gasteiger charge is 2.10. The second-order valence-electron chi connectivity index (χ2n) is 6.91. The van der Waals surface area contributed by atoms with Crippen LogP contribution in [0.1, 0.15) is 23.2 Å². The van der Waals surface area contributed by atoms with Gasteiger partial charge in [-0.25, -0.2) is 4.79 Å². The third-order valence-electron chi connectivity index (χ3n) is 4.71. The van der Waals surface area contributed by atoms with Crippen LogP contribution in [0.15, 0.2) is 82.3 Å². The molecular weight excluding hydrogens is 396 g/mol. The van der Waals surface area contributed by atoms with Crippen molar-refractivity contribution in [3.05, 3.63) is 89.2 Å². The van der Waals surface area contributed by atoms with Gasteiger partial charge in [-0.3, -0.25) is 19.1 Å². The molecule has 0 spiro atoms. The molecule has 0 unspecified atom stereocenters. The van der Waals surface area contributed by atoms with Gasteiger partial charge in [0.2, 0.25) is 5.91 Å². The van der Waals surface area contributed by atoms with Crippen LogP contribution < -0.4 is 16.4 Å². The molecule has 4 aromatic rings. The molecule has 0 aliphatic rings. The fourth-order valence-electron chi connectivity index (χ4n) is 3.19. The second kappa shape index (κ2) is 9.08. The van der Waals surface area contributed by atoms with E-state index in [4.69, 9.17) is 4.42 Å². The van der Waals surface area contributed by atoms with E-state index in [9.17, 15) is 14.4 Å². The molecule has 0 fully saturated rings. The molecule has 0 saturated carbocycles. The lowest BCUT2D eigenvalue weighted by Crippen LogP contribution is -2.17.